The van der Waals surface area contributed by atoms with Gasteiger partial charge in [-0.2, -0.15) is 0 Å². The van der Waals surface area contributed by atoms with Gasteiger partial charge in [0.1, 0.15) is 5.37 Å². The molecular formula is C24H20ClN3O3S. The molecule has 3 N–H and O–H groups in total. The first-order valence-electron chi connectivity index (χ1n) is 9.87. The Morgan fingerprint density at radius 2 is 1.59 bits per heavy atom. The maximum absolute atomic E-state index is 12.6. The van der Waals surface area contributed by atoms with Crippen molar-refractivity contribution in [2.24, 2.45) is 5.73 Å². The first kappa shape index (κ1) is 21.9. The first-order valence-corrected chi connectivity index (χ1v) is 11.3. The predicted molar refractivity (Wildman–Crippen MR) is 127 cm³/mol. The fourth-order valence-electron chi connectivity index (χ4n) is 3.41. The van der Waals surface area contributed by atoms with E-state index in [2.05, 4.69) is 5.32 Å². The van der Waals surface area contributed by atoms with Crippen molar-refractivity contribution in [2.45, 2.75) is 11.9 Å². The number of nitrogens with zero attached hydrogens (tertiary/aromatic N) is 1. The first-order chi connectivity index (χ1) is 15.4. The summed E-state index contributed by atoms with van der Waals surface area (Å²) in [6, 6.07) is 21.1. The Kier molecular flexibility index (Phi) is 6.48. The lowest BCUT2D eigenvalue weighted by Gasteiger charge is -2.24. The molecule has 1 aliphatic heterocycles. The van der Waals surface area contributed by atoms with Crippen LogP contribution < -0.4 is 11.1 Å². The smallest absolute Gasteiger partial charge is 0.255 e. The fraction of sp³-hybridized carbons (Fsp3) is 0.125. The van der Waals surface area contributed by atoms with E-state index in [1.54, 1.807) is 48.2 Å². The maximum atomic E-state index is 12.6. The Balaban J connectivity index is 1.44. The Morgan fingerprint density at radius 3 is 2.22 bits per heavy atom. The van der Waals surface area contributed by atoms with Crippen molar-refractivity contribution in [1.82, 2.24) is 4.90 Å². The fourth-order valence-corrected chi connectivity index (χ4v) is 4.72. The summed E-state index contributed by atoms with van der Waals surface area (Å²) in [7, 11) is 0. The van der Waals surface area contributed by atoms with Crippen LogP contribution >= 0.6 is 23.4 Å². The van der Waals surface area contributed by atoms with Crippen LogP contribution in [0.25, 0.3) is 0 Å². The molecule has 3 aromatic carbocycles. The molecule has 1 aliphatic rings. The number of thioether (sulfide) groups is 1. The van der Waals surface area contributed by atoms with E-state index in [1.165, 1.54) is 0 Å². The summed E-state index contributed by atoms with van der Waals surface area (Å²) in [5.74, 6) is -0.290. The van der Waals surface area contributed by atoms with E-state index in [1.807, 2.05) is 41.3 Å². The average Bonchev–Trinajstić information content (AvgIpc) is 3.16. The van der Waals surface area contributed by atoms with Crippen LogP contribution in [0.2, 0.25) is 5.02 Å². The van der Waals surface area contributed by atoms with Crippen LogP contribution in [0.15, 0.2) is 72.8 Å². The summed E-state index contributed by atoms with van der Waals surface area (Å²) in [6.07, 6.45) is 0. The van der Waals surface area contributed by atoms with Crippen LogP contribution in [-0.4, -0.2) is 28.4 Å². The highest BCUT2D eigenvalue weighted by molar-refractivity contribution is 8.00. The molecule has 1 atom stereocenters. The van der Waals surface area contributed by atoms with Crippen molar-refractivity contribution < 1.29 is 14.4 Å². The lowest BCUT2D eigenvalue weighted by molar-refractivity contribution is -0.128. The van der Waals surface area contributed by atoms with Gasteiger partial charge in [-0.1, -0.05) is 35.9 Å². The van der Waals surface area contributed by atoms with Crippen molar-refractivity contribution in [2.75, 3.05) is 11.1 Å². The number of carbonyl (C=O) groups is 3. The van der Waals surface area contributed by atoms with Gasteiger partial charge in [-0.05, 0) is 59.7 Å². The summed E-state index contributed by atoms with van der Waals surface area (Å²) < 4.78 is 0. The molecule has 6 nitrogen and oxygen atoms in total. The Hall–Kier alpha value is -3.29. The molecule has 1 heterocycles. The van der Waals surface area contributed by atoms with Gasteiger partial charge >= 0.3 is 0 Å². The molecule has 0 aliphatic carbocycles. The lowest BCUT2D eigenvalue weighted by Crippen LogP contribution is -2.27. The normalized spacial score (nSPS) is 15.6. The van der Waals surface area contributed by atoms with Crippen LogP contribution in [0.4, 0.5) is 5.69 Å². The standard InChI is InChI=1S/C24H20ClN3O3S/c25-19-9-1-15(2-10-19)13-28-21(29)14-32-24(28)18-5-3-17(4-6-18)23(31)27-20-11-7-16(8-12-20)22(26)30/h1-12,24H,13-14H2,(H2,26,30)(H,27,31)/t24-/m1/s1. The van der Waals surface area contributed by atoms with Crippen molar-refractivity contribution in [3.05, 3.63) is 100 Å². The van der Waals surface area contributed by atoms with Gasteiger partial charge in [0.2, 0.25) is 11.8 Å². The molecule has 4 rings (SSSR count). The zero-order valence-corrected chi connectivity index (χ0v) is 18.5. The zero-order chi connectivity index (χ0) is 22.7. The van der Waals surface area contributed by atoms with Gasteiger partial charge in [-0.15, -0.1) is 11.8 Å². The van der Waals surface area contributed by atoms with Crippen LogP contribution in [0.1, 0.15) is 37.2 Å². The molecule has 0 bridgehead atoms. The van der Waals surface area contributed by atoms with E-state index in [9.17, 15) is 14.4 Å². The van der Waals surface area contributed by atoms with Crippen LogP contribution in [0, 0.1) is 0 Å². The van der Waals surface area contributed by atoms with Crippen molar-refractivity contribution in [3.63, 3.8) is 0 Å². The summed E-state index contributed by atoms with van der Waals surface area (Å²) in [4.78, 5) is 38.0. The molecule has 162 valence electrons. The molecule has 1 fully saturated rings. The minimum atomic E-state index is -0.521. The third-order valence-corrected chi connectivity index (χ3v) is 6.63. The highest BCUT2D eigenvalue weighted by atomic mass is 35.5. The van der Waals surface area contributed by atoms with E-state index in [0.717, 1.165) is 11.1 Å². The second-order valence-corrected chi connectivity index (χ2v) is 8.83. The van der Waals surface area contributed by atoms with E-state index in [0.29, 0.717) is 34.1 Å². The molecule has 3 amide bonds. The number of benzene rings is 3. The lowest BCUT2D eigenvalue weighted by atomic mass is 10.1. The number of hydrogen-bond donors (Lipinski definition) is 2. The summed E-state index contributed by atoms with van der Waals surface area (Å²) in [5, 5.41) is 3.34. The minimum Gasteiger partial charge on any atom is -0.366 e. The number of halogens is 1. The zero-order valence-electron chi connectivity index (χ0n) is 17.0. The van der Waals surface area contributed by atoms with Crippen LogP contribution in [0.5, 0.6) is 0 Å². The van der Waals surface area contributed by atoms with E-state index in [4.69, 9.17) is 17.3 Å². The van der Waals surface area contributed by atoms with E-state index >= 15 is 0 Å². The maximum Gasteiger partial charge on any atom is 0.255 e. The van der Waals surface area contributed by atoms with Crippen molar-refractivity contribution in [3.8, 4) is 0 Å². The third kappa shape index (κ3) is 4.95. The summed E-state index contributed by atoms with van der Waals surface area (Å²) in [5.41, 5.74) is 8.63. The Bertz CT molecular complexity index is 1150. The molecular weight excluding hydrogens is 446 g/mol. The van der Waals surface area contributed by atoms with Crippen molar-refractivity contribution in [1.29, 1.82) is 0 Å². The van der Waals surface area contributed by atoms with Gasteiger partial charge in [-0.25, -0.2) is 0 Å². The van der Waals surface area contributed by atoms with Crippen LogP contribution in [-0.2, 0) is 11.3 Å². The van der Waals surface area contributed by atoms with Gasteiger partial charge < -0.3 is 16.0 Å². The summed E-state index contributed by atoms with van der Waals surface area (Å²) >= 11 is 7.52. The van der Waals surface area contributed by atoms with E-state index < -0.39 is 5.91 Å². The van der Waals surface area contributed by atoms with Gasteiger partial charge in [0.25, 0.3) is 5.91 Å². The van der Waals surface area contributed by atoms with Gasteiger partial charge in [0, 0.05) is 28.4 Å². The topological polar surface area (TPSA) is 92.5 Å². The Labute approximate surface area is 194 Å². The predicted octanol–water partition coefficient (Wildman–Crippen LogP) is 4.47. The summed E-state index contributed by atoms with van der Waals surface area (Å²) in [6.45, 7) is 0.497. The van der Waals surface area contributed by atoms with Crippen molar-refractivity contribution >= 4 is 46.8 Å². The van der Waals surface area contributed by atoms with E-state index in [-0.39, 0.29) is 17.2 Å². The number of carbonyl (C=O) groups excluding carboxylic acids is 3. The SMILES string of the molecule is NC(=O)c1ccc(NC(=O)c2ccc([C@H]3SCC(=O)N3Cc3ccc(Cl)cc3)cc2)cc1. The second kappa shape index (κ2) is 9.46. The molecule has 0 unspecified atom stereocenters. The minimum absolute atomic E-state index is 0.0798. The molecule has 32 heavy (non-hydrogen) atoms. The number of hydrogen-bond acceptors (Lipinski definition) is 4. The molecule has 3 aromatic rings. The van der Waals surface area contributed by atoms with Gasteiger partial charge in [-0.3, -0.25) is 14.4 Å². The monoisotopic (exact) mass is 465 g/mol. The number of rotatable bonds is 6. The Morgan fingerprint density at radius 1 is 0.969 bits per heavy atom. The largest absolute Gasteiger partial charge is 0.366 e. The molecule has 0 radical (unpaired) electrons. The average molecular weight is 466 g/mol. The molecule has 8 heteroatoms. The molecule has 0 aromatic heterocycles. The van der Waals surface area contributed by atoms with Gasteiger partial charge in [0.15, 0.2) is 0 Å². The molecule has 0 spiro atoms. The second-order valence-electron chi connectivity index (χ2n) is 7.33. The number of nitrogens with two attached hydrogens (primary N) is 1. The molecule has 0 saturated carbocycles. The number of primary amides is 1. The molecule has 1 saturated heterocycles. The highest BCUT2D eigenvalue weighted by Crippen LogP contribution is 2.39. The highest BCUT2D eigenvalue weighted by Gasteiger charge is 2.32. The quantitative estimate of drug-likeness (QED) is 0.562. The van der Waals surface area contributed by atoms with Crippen LogP contribution in [0.3, 0.4) is 0 Å². The van der Waals surface area contributed by atoms with Gasteiger partial charge in [0.05, 0.1) is 5.75 Å². The number of nitrogens with one attached hydrogen (secondary N) is 1. The third-order valence-electron chi connectivity index (χ3n) is 5.12. The number of amides is 3. The number of anilines is 1.